The number of ether oxygens (including phenoxy) is 5. The maximum atomic E-state index is 16.9. The van der Waals surface area contributed by atoms with Crippen molar-refractivity contribution in [3.63, 3.8) is 0 Å². The fourth-order valence-corrected chi connectivity index (χ4v) is 6.25. The molecule has 0 amide bonds. The van der Waals surface area contributed by atoms with E-state index in [0.29, 0.717) is 5.52 Å². The normalized spacial score (nSPS) is 28.7. The number of carbonyl (C=O) groups excluding carboxylic acids is 1. The monoisotopic (exact) mass is 620 g/mol. The Labute approximate surface area is 245 Å². The number of carbonyl (C=O) groups is 1. The van der Waals surface area contributed by atoms with E-state index in [2.05, 4.69) is 15.2 Å². The molecule has 0 saturated carbocycles. The summed E-state index contributed by atoms with van der Waals surface area (Å²) < 4.78 is 70.8. The van der Waals surface area contributed by atoms with E-state index in [4.69, 9.17) is 38.5 Å². The van der Waals surface area contributed by atoms with E-state index in [9.17, 15) is 14.6 Å². The Balaban J connectivity index is 1.48. The molecule has 2 aromatic heterocycles. The average Bonchev–Trinajstić information content (AvgIpc) is 3.67. The fraction of sp³-hybridized carbons (Fsp3) is 0.462. The Morgan fingerprint density at radius 1 is 1.23 bits per heavy atom. The highest BCUT2D eigenvalue weighted by atomic mass is 31.2. The number of fused-ring (bicyclic) bond motifs is 2. The van der Waals surface area contributed by atoms with Crippen molar-refractivity contribution in [3.05, 3.63) is 54.5 Å². The topological polar surface area (TPSA) is 191 Å². The number of anilines is 1. The molecule has 2 unspecified atom stereocenters. The second-order valence-electron chi connectivity index (χ2n) is 10.0. The molecule has 2 saturated heterocycles. The molecule has 2 aliphatic heterocycles. The van der Waals surface area contributed by atoms with Crippen LogP contribution in [-0.2, 0) is 43.2 Å². The molecule has 230 valence electrons. The van der Waals surface area contributed by atoms with E-state index in [0.717, 1.165) is 6.33 Å². The third kappa shape index (κ3) is 5.80. The molecule has 3 N–H and O–H groups in total. The van der Waals surface area contributed by atoms with Gasteiger partial charge in [-0.15, -0.1) is 0 Å². The van der Waals surface area contributed by atoms with Crippen LogP contribution in [0.4, 0.5) is 10.2 Å². The number of alkyl halides is 1. The SMILES string of the molecule is COC1O[C@@H]2[C@H](O1)[C@@](F)(COP(=O)(N[C@@H](C)C(=O)OC(C)C)Oc1ccccc1)O[C@@]2(C#N)c1ccc2c(N)ncnn12. The van der Waals surface area contributed by atoms with E-state index >= 15 is 4.39 Å². The Hall–Kier alpha value is -3.68. The van der Waals surface area contributed by atoms with Crippen LogP contribution in [0.15, 0.2) is 48.8 Å². The number of methoxy groups -OCH3 is 1. The molecular weight excluding hydrogens is 590 g/mol. The van der Waals surface area contributed by atoms with Crippen LogP contribution in [0.1, 0.15) is 26.5 Å². The molecule has 5 rings (SSSR count). The van der Waals surface area contributed by atoms with Gasteiger partial charge >= 0.3 is 13.7 Å². The van der Waals surface area contributed by atoms with Gasteiger partial charge in [-0.2, -0.15) is 15.4 Å². The number of halogens is 1. The molecule has 0 aliphatic carbocycles. The van der Waals surface area contributed by atoms with Crippen LogP contribution in [0.2, 0.25) is 0 Å². The van der Waals surface area contributed by atoms with Gasteiger partial charge in [0.15, 0.2) is 11.9 Å². The van der Waals surface area contributed by atoms with Gasteiger partial charge in [0.1, 0.15) is 42.4 Å². The van der Waals surface area contributed by atoms with Crippen molar-refractivity contribution in [2.24, 2.45) is 0 Å². The van der Waals surface area contributed by atoms with Gasteiger partial charge in [0.25, 0.3) is 12.3 Å². The van der Waals surface area contributed by atoms with E-state index < -0.39 is 62.6 Å². The minimum atomic E-state index is -4.53. The van der Waals surface area contributed by atoms with Gasteiger partial charge in [-0.05, 0) is 45.0 Å². The first-order valence-corrected chi connectivity index (χ1v) is 14.7. The predicted octanol–water partition coefficient (Wildman–Crippen LogP) is 2.57. The summed E-state index contributed by atoms with van der Waals surface area (Å²) in [4.78, 5) is 16.4. The molecule has 43 heavy (non-hydrogen) atoms. The van der Waals surface area contributed by atoms with E-state index in [-0.39, 0.29) is 17.3 Å². The maximum Gasteiger partial charge on any atom is 0.459 e. The van der Waals surface area contributed by atoms with Crippen LogP contribution in [-0.4, -0.2) is 71.0 Å². The smallest absolute Gasteiger partial charge is 0.459 e. The third-order valence-electron chi connectivity index (χ3n) is 6.62. The number of nitrogens with two attached hydrogens (primary N) is 1. The number of benzene rings is 1. The number of nitrogen functional groups attached to an aromatic ring is 1. The van der Waals surface area contributed by atoms with Crippen LogP contribution in [0, 0.1) is 11.3 Å². The number of esters is 1. The third-order valence-corrected chi connectivity index (χ3v) is 8.25. The lowest BCUT2D eigenvalue weighted by Crippen LogP contribution is -2.43. The number of nitrogens with zero attached hydrogens (tertiary/aromatic N) is 4. The standard InChI is InChI=1S/C26H30FN6O9P/c1-15(2)38-23(34)16(3)32-43(35,41-17-8-6-5-7-9-17)37-13-26(27)21-20(39-24(36-4)40-21)25(12-28,42-26)19-11-10-18-22(29)30-14-31-33(18)19/h5-11,14-16,20-21,24H,13H2,1-4H3,(H,32,35)(H2,29,30,31)/t16-,20+,21-,24?,25-,26+,43?/m0/s1. The minimum absolute atomic E-state index is 0.0564. The zero-order valence-electron chi connectivity index (χ0n) is 23.6. The van der Waals surface area contributed by atoms with Crippen molar-refractivity contribution in [1.82, 2.24) is 19.7 Å². The van der Waals surface area contributed by atoms with Crippen molar-refractivity contribution in [2.45, 2.75) is 63.1 Å². The summed E-state index contributed by atoms with van der Waals surface area (Å²) in [6, 6.07) is 11.7. The molecule has 7 atom stereocenters. The number of para-hydroxylation sites is 1. The molecule has 2 fully saturated rings. The average molecular weight is 621 g/mol. The Kier molecular flexibility index (Phi) is 8.43. The highest BCUT2D eigenvalue weighted by Gasteiger charge is 2.72. The summed E-state index contributed by atoms with van der Waals surface area (Å²) in [5, 5.41) is 17.1. The molecule has 1 aromatic carbocycles. The lowest BCUT2D eigenvalue weighted by atomic mass is 9.92. The summed E-state index contributed by atoms with van der Waals surface area (Å²) in [6.07, 6.45) is -2.32. The van der Waals surface area contributed by atoms with Crippen LogP contribution in [0.3, 0.4) is 0 Å². The molecule has 0 spiro atoms. The molecule has 2 aliphatic rings. The van der Waals surface area contributed by atoms with Gasteiger partial charge in [-0.25, -0.2) is 18.5 Å². The number of hydrogen-bond donors (Lipinski definition) is 2. The molecule has 0 radical (unpaired) electrons. The van der Waals surface area contributed by atoms with Crippen LogP contribution in [0.25, 0.3) is 5.52 Å². The first kappa shape index (κ1) is 30.8. The van der Waals surface area contributed by atoms with Crippen molar-refractivity contribution in [1.29, 1.82) is 5.26 Å². The Bertz CT molecular complexity index is 1570. The zero-order valence-corrected chi connectivity index (χ0v) is 24.5. The van der Waals surface area contributed by atoms with Gasteiger partial charge < -0.3 is 33.9 Å². The van der Waals surface area contributed by atoms with Crippen molar-refractivity contribution < 1.29 is 46.5 Å². The summed E-state index contributed by atoms with van der Waals surface area (Å²) in [5.74, 6) is -3.51. The molecule has 0 bridgehead atoms. The van der Waals surface area contributed by atoms with E-state index in [1.54, 1.807) is 32.0 Å². The molecule has 4 heterocycles. The van der Waals surface area contributed by atoms with Gasteiger partial charge in [-0.3, -0.25) is 9.32 Å². The van der Waals surface area contributed by atoms with Crippen molar-refractivity contribution in [3.8, 4) is 11.8 Å². The zero-order chi connectivity index (χ0) is 31.0. The summed E-state index contributed by atoms with van der Waals surface area (Å²) in [5.41, 5.74) is 4.17. The second kappa shape index (κ2) is 11.8. The lowest BCUT2D eigenvalue weighted by molar-refractivity contribution is -0.296. The molecule has 3 aromatic rings. The van der Waals surface area contributed by atoms with Crippen LogP contribution < -0.4 is 15.3 Å². The van der Waals surface area contributed by atoms with Crippen molar-refractivity contribution >= 4 is 25.1 Å². The number of aromatic nitrogens is 3. The number of rotatable bonds is 11. The minimum Gasteiger partial charge on any atom is -0.462 e. The van der Waals surface area contributed by atoms with Gasteiger partial charge in [0.2, 0.25) is 5.60 Å². The molecule has 17 heteroatoms. The highest BCUT2D eigenvalue weighted by molar-refractivity contribution is 7.52. The lowest BCUT2D eigenvalue weighted by Gasteiger charge is -2.30. The van der Waals surface area contributed by atoms with E-state index in [1.165, 1.54) is 42.8 Å². The second-order valence-corrected chi connectivity index (χ2v) is 11.7. The maximum absolute atomic E-state index is 16.9. The highest BCUT2D eigenvalue weighted by Crippen LogP contribution is 2.54. The van der Waals surface area contributed by atoms with Crippen LogP contribution in [0.5, 0.6) is 5.75 Å². The molecule has 15 nitrogen and oxygen atoms in total. The Morgan fingerprint density at radius 2 is 1.95 bits per heavy atom. The van der Waals surface area contributed by atoms with Gasteiger partial charge in [0.05, 0.1) is 11.8 Å². The molecular formula is C26H30FN6O9P. The fourth-order valence-electron chi connectivity index (χ4n) is 4.74. The van der Waals surface area contributed by atoms with E-state index in [1.807, 2.05) is 6.07 Å². The first-order chi connectivity index (χ1) is 20.4. The summed E-state index contributed by atoms with van der Waals surface area (Å²) in [6.45, 7) is 2.21. The van der Waals surface area contributed by atoms with Gasteiger partial charge in [0, 0.05) is 7.11 Å². The number of nitrogens with one attached hydrogen (secondary N) is 1. The Morgan fingerprint density at radius 3 is 2.63 bits per heavy atom. The summed E-state index contributed by atoms with van der Waals surface area (Å²) in [7, 11) is -3.26. The van der Waals surface area contributed by atoms with Crippen LogP contribution >= 0.6 is 7.75 Å². The predicted molar refractivity (Wildman–Crippen MR) is 145 cm³/mol. The summed E-state index contributed by atoms with van der Waals surface area (Å²) >= 11 is 0. The number of nitriles is 1. The first-order valence-electron chi connectivity index (χ1n) is 13.1. The van der Waals surface area contributed by atoms with Gasteiger partial charge in [-0.1, -0.05) is 18.2 Å². The number of hydrogen-bond acceptors (Lipinski definition) is 13. The largest absolute Gasteiger partial charge is 0.462 e. The quantitative estimate of drug-likeness (QED) is 0.235. The van der Waals surface area contributed by atoms with Crippen molar-refractivity contribution in [2.75, 3.05) is 19.5 Å².